The van der Waals surface area contributed by atoms with E-state index in [1.807, 2.05) is 6.08 Å². The molecule has 0 saturated heterocycles. The average molecular weight is 209 g/mol. The zero-order valence-corrected chi connectivity index (χ0v) is 8.95. The highest BCUT2D eigenvalue weighted by Crippen LogP contribution is 2.46. The maximum absolute atomic E-state index is 11.8. The Bertz CT molecular complexity index is 337. The zero-order chi connectivity index (χ0) is 11.1. The number of carbonyl (C=O) groups excluding carboxylic acids is 2. The summed E-state index contributed by atoms with van der Waals surface area (Å²) in [5.74, 6) is -0.00398. The number of esters is 1. The van der Waals surface area contributed by atoms with Crippen LogP contribution >= 0.6 is 0 Å². The summed E-state index contributed by atoms with van der Waals surface area (Å²) in [6, 6.07) is 0. The Kier molecular flexibility index (Phi) is 2.29. The first-order chi connectivity index (χ1) is 7.08. The number of nitrogens with one attached hydrogen (secondary N) is 1. The fourth-order valence-corrected chi connectivity index (χ4v) is 2.78. The molecule has 4 nitrogen and oxygen atoms in total. The third-order valence-corrected chi connectivity index (χ3v) is 3.34. The van der Waals surface area contributed by atoms with Gasteiger partial charge in [-0.3, -0.25) is 4.79 Å². The minimum Gasteiger partial charge on any atom is -0.467 e. The van der Waals surface area contributed by atoms with Crippen LogP contribution in [0.2, 0.25) is 0 Å². The van der Waals surface area contributed by atoms with Crippen LogP contribution in [0, 0.1) is 11.8 Å². The molecule has 3 atom stereocenters. The number of allylic oxidation sites excluding steroid dienone is 1. The lowest BCUT2D eigenvalue weighted by Gasteiger charge is -2.33. The van der Waals surface area contributed by atoms with Gasteiger partial charge in [-0.25, -0.2) is 4.79 Å². The summed E-state index contributed by atoms with van der Waals surface area (Å²) in [6.45, 7) is 1.43. The molecule has 2 aliphatic carbocycles. The highest BCUT2D eigenvalue weighted by Gasteiger charge is 2.55. The molecule has 2 bridgehead atoms. The Hall–Kier alpha value is -1.32. The van der Waals surface area contributed by atoms with Crippen molar-refractivity contribution < 1.29 is 14.3 Å². The van der Waals surface area contributed by atoms with Gasteiger partial charge in [0, 0.05) is 12.8 Å². The quantitative estimate of drug-likeness (QED) is 0.536. The van der Waals surface area contributed by atoms with E-state index in [0.717, 1.165) is 6.42 Å². The molecule has 0 aliphatic heterocycles. The second-order valence-corrected chi connectivity index (χ2v) is 4.34. The summed E-state index contributed by atoms with van der Waals surface area (Å²) < 4.78 is 4.80. The van der Waals surface area contributed by atoms with E-state index in [1.54, 1.807) is 0 Å². The highest BCUT2D eigenvalue weighted by molar-refractivity contribution is 5.88. The highest BCUT2D eigenvalue weighted by atomic mass is 16.5. The standard InChI is InChI=1S/C11H15NO3/c1-7(13)12-11(10(14)15-2)6-8-3-4-9(11)5-8/h3-4,8-9H,5-6H2,1-2H3,(H,12,13). The maximum Gasteiger partial charge on any atom is 0.332 e. The summed E-state index contributed by atoms with van der Waals surface area (Å²) in [4.78, 5) is 22.9. The first-order valence-electron chi connectivity index (χ1n) is 5.14. The number of fused-ring (bicyclic) bond motifs is 2. The lowest BCUT2D eigenvalue weighted by atomic mass is 9.84. The third kappa shape index (κ3) is 1.44. The Labute approximate surface area is 88.7 Å². The number of rotatable bonds is 2. The lowest BCUT2D eigenvalue weighted by molar-refractivity contribution is -0.152. The van der Waals surface area contributed by atoms with E-state index >= 15 is 0 Å². The minimum atomic E-state index is -0.806. The van der Waals surface area contributed by atoms with Crippen LogP contribution in [0.25, 0.3) is 0 Å². The van der Waals surface area contributed by atoms with E-state index < -0.39 is 5.54 Å². The predicted octanol–water partition coefficient (Wildman–Crippen LogP) is 0.630. The van der Waals surface area contributed by atoms with Gasteiger partial charge in [-0.1, -0.05) is 12.2 Å². The third-order valence-electron chi connectivity index (χ3n) is 3.34. The fourth-order valence-electron chi connectivity index (χ4n) is 2.78. The number of carbonyl (C=O) groups is 2. The molecule has 0 aromatic carbocycles. The number of hydrogen-bond acceptors (Lipinski definition) is 3. The Balaban J connectivity index is 2.28. The molecule has 2 rings (SSSR count). The monoisotopic (exact) mass is 209 g/mol. The van der Waals surface area contributed by atoms with Gasteiger partial charge in [-0.2, -0.15) is 0 Å². The van der Waals surface area contributed by atoms with E-state index in [2.05, 4.69) is 11.4 Å². The van der Waals surface area contributed by atoms with Crippen LogP contribution in [0.1, 0.15) is 19.8 Å². The Morgan fingerprint density at radius 3 is 2.60 bits per heavy atom. The van der Waals surface area contributed by atoms with E-state index in [1.165, 1.54) is 14.0 Å². The largest absolute Gasteiger partial charge is 0.467 e. The van der Waals surface area contributed by atoms with E-state index in [-0.39, 0.29) is 17.8 Å². The van der Waals surface area contributed by atoms with Crippen molar-refractivity contribution in [1.29, 1.82) is 0 Å². The number of hydrogen-bond donors (Lipinski definition) is 1. The Morgan fingerprint density at radius 1 is 1.47 bits per heavy atom. The van der Waals surface area contributed by atoms with Gasteiger partial charge in [-0.15, -0.1) is 0 Å². The van der Waals surface area contributed by atoms with Crippen molar-refractivity contribution in [3.63, 3.8) is 0 Å². The molecule has 82 valence electrons. The van der Waals surface area contributed by atoms with Crippen LogP contribution in [0.5, 0.6) is 0 Å². The topological polar surface area (TPSA) is 55.4 Å². The van der Waals surface area contributed by atoms with Crippen LogP contribution in [0.4, 0.5) is 0 Å². The molecule has 0 heterocycles. The number of amides is 1. The van der Waals surface area contributed by atoms with Gasteiger partial charge in [-0.05, 0) is 18.8 Å². The van der Waals surface area contributed by atoms with Crippen molar-refractivity contribution in [2.75, 3.05) is 7.11 Å². The van der Waals surface area contributed by atoms with Crippen molar-refractivity contribution in [3.05, 3.63) is 12.2 Å². The fraction of sp³-hybridized carbons (Fsp3) is 0.636. The summed E-state index contributed by atoms with van der Waals surface area (Å²) in [7, 11) is 1.36. The van der Waals surface area contributed by atoms with Gasteiger partial charge in [0.2, 0.25) is 5.91 Å². The smallest absolute Gasteiger partial charge is 0.332 e. The Morgan fingerprint density at radius 2 is 2.20 bits per heavy atom. The normalized spacial score (nSPS) is 36.7. The molecular weight excluding hydrogens is 194 g/mol. The second kappa shape index (κ2) is 3.36. The van der Waals surface area contributed by atoms with Crippen LogP contribution in [0.3, 0.4) is 0 Å². The van der Waals surface area contributed by atoms with Gasteiger partial charge in [0.05, 0.1) is 7.11 Å². The van der Waals surface area contributed by atoms with Crippen LogP contribution in [-0.2, 0) is 14.3 Å². The average Bonchev–Trinajstić information content (AvgIpc) is 2.75. The summed E-state index contributed by atoms with van der Waals surface area (Å²) >= 11 is 0. The van der Waals surface area contributed by atoms with Gasteiger partial charge >= 0.3 is 5.97 Å². The molecule has 3 unspecified atom stereocenters. The lowest BCUT2D eigenvalue weighted by Crippen LogP contribution is -2.57. The van der Waals surface area contributed by atoms with Gasteiger partial charge in [0.25, 0.3) is 0 Å². The summed E-state index contributed by atoms with van der Waals surface area (Å²) in [6.07, 6.45) is 5.74. The molecule has 2 aliphatic rings. The molecule has 1 N–H and O–H groups in total. The van der Waals surface area contributed by atoms with Gasteiger partial charge in [0.15, 0.2) is 0 Å². The molecule has 15 heavy (non-hydrogen) atoms. The molecule has 0 aromatic heterocycles. The second-order valence-electron chi connectivity index (χ2n) is 4.34. The molecule has 0 aromatic rings. The molecule has 0 radical (unpaired) electrons. The van der Waals surface area contributed by atoms with Crippen molar-refractivity contribution in [2.45, 2.75) is 25.3 Å². The van der Waals surface area contributed by atoms with Crippen LogP contribution in [0.15, 0.2) is 12.2 Å². The molecule has 1 fully saturated rings. The minimum absolute atomic E-state index is 0.0962. The van der Waals surface area contributed by atoms with Crippen molar-refractivity contribution in [1.82, 2.24) is 5.32 Å². The van der Waals surface area contributed by atoms with Crippen LogP contribution < -0.4 is 5.32 Å². The molecule has 1 saturated carbocycles. The van der Waals surface area contributed by atoms with E-state index in [9.17, 15) is 9.59 Å². The maximum atomic E-state index is 11.8. The van der Waals surface area contributed by atoms with Crippen molar-refractivity contribution in [2.24, 2.45) is 11.8 Å². The molecule has 0 spiro atoms. The predicted molar refractivity (Wildman–Crippen MR) is 53.9 cm³/mol. The summed E-state index contributed by atoms with van der Waals surface area (Å²) in [5, 5.41) is 2.77. The number of methoxy groups -OCH3 is 1. The van der Waals surface area contributed by atoms with Crippen LogP contribution in [-0.4, -0.2) is 24.5 Å². The van der Waals surface area contributed by atoms with E-state index in [4.69, 9.17) is 4.74 Å². The van der Waals surface area contributed by atoms with E-state index in [0.29, 0.717) is 12.3 Å². The van der Waals surface area contributed by atoms with Gasteiger partial charge < -0.3 is 10.1 Å². The summed E-state index contributed by atoms with van der Waals surface area (Å²) in [5.41, 5.74) is -0.806. The van der Waals surface area contributed by atoms with Gasteiger partial charge in [0.1, 0.15) is 5.54 Å². The molecular formula is C11H15NO3. The van der Waals surface area contributed by atoms with Crippen molar-refractivity contribution in [3.8, 4) is 0 Å². The molecule has 1 amide bonds. The zero-order valence-electron chi connectivity index (χ0n) is 8.95. The first-order valence-corrected chi connectivity index (χ1v) is 5.14. The first kappa shape index (κ1) is 10.2. The number of ether oxygens (including phenoxy) is 1. The molecule has 4 heteroatoms. The van der Waals surface area contributed by atoms with Crippen molar-refractivity contribution >= 4 is 11.9 Å². The SMILES string of the molecule is COC(=O)C1(NC(C)=O)CC2C=CC1C2.